The lowest BCUT2D eigenvalue weighted by atomic mass is 10.1. The molecule has 1 aromatic heterocycles. The smallest absolute Gasteiger partial charge is 0.263 e. The van der Waals surface area contributed by atoms with E-state index in [1.165, 1.54) is 0 Å². The van der Waals surface area contributed by atoms with E-state index in [9.17, 15) is 8.42 Å². The number of hydrogen-bond acceptors (Lipinski definition) is 4. The lowest BCUT2D eigenvalue weighted by molar-refractivity contribution is 0.491. The van der Waals surface area contributed by atoms with Crippen LogP contribution in [0.2, 0.25) is 0 Å². The fourth-order valence-corrected chi connectivity index (χ4v) is 3.56. The Balaban J connectivity index is 1.78. The third-order valence-electron chi connectivity index (χ3n) is 3.40. The van der Waals surface area contributed by atoms with Crippen LogP contribution in [0.15, 0.2) is 57.0 Å². The first kappa shape index (κ1) is 13.9. The molecule has 0 saturated heterocycles. The molecule has 0 amide bonds. The van der Waals surface area contributed by atoms with Gasteiger partial charge in [-0.2, -0.15) is 0 Å². The summed E-state index contributed by atoms with van der Waals surface area (Å²) in [5.41, 5.74) is 0.641. The van der Waals surface area contributed by atoms with Crippen LogP contribution >= 0.6 is 0 Å². The van der Waals surface area contributed by atoms with Gasteiger partial charge in [-0.25, -0.2) is 8.42 Å². The van der Waals surface area contributed by atoms with Gasteiger partial charge in [0.05, 0.1) is 11.2 Å². The van der Waals surface area contributed by atoms with Gasteiger partial charge in [0.25, 0.3) is 10.0 Å². The molecule has 1 atom stereocenters. The molecular weight excluding hydrogens is 288 g/mol. The highest BCUT2D eigenvalue weighted by Gasteiger charge is 2.30. The first-order valence-corrected chi connectivity index (χ1v) is 8.27. The zero-order valence-electron chi connectivity index (χ0n) is 11.6. The van der Waals surface area contributed by atoms with Gasteiger partial charge < -0.3 is 4.42 Å². The summed E-state index contributed by atoms with van der Waals surface area (Å²) in [6.45, 7) is 1.96. The maximum Gasteiger partial charge on any atom is 0.263 e. The van der Waals surface area contributed by atoms with Crippen molar-refractivity contribution < 1.29 is 12.8 Å². The molecule has 21 heavy (non-hydrogen) atoms. The average Bonchev–Trinajstić information content (AvgIpc) is 3.05. The van der Waals surface area contributed by atoms with Gasteiger partial charge in [0.15, 0.2) is 0 Å². The number of furan rings is 1. The summed E-state index contributed by atoms with van der Waals surface area (Å²) >= 11 is 0. The van der Waals surface area contributed by atoms with E-state index in [0.29, 0.717) is 16.3 Å². The Kier molecular flexibility index (Phi) is 3.55. The molecule has 0 fully saturated rings. The van der Waals surface area contributed by atoms with Gasteiger partial charge in [-0.1, -0.05) is 12.1 Å². The molecule has 2 heterocycles. The molecule has 0 bridgehead atoms. The summed E-state index contributed by atoms with van der Waals surface area (Å²) in [7, 11) is -3.46. The van der Waals surface area contributed by atoms with E-state index in [-0.39, 0.29) is 6.04 Å². The second kappa shape index (κ2) is 5.37. The number of aryl methyl sites for hydroxylation is 1. The van der Waals surface area contributed by atoms with E-state index in [2.05, 4.69) is 9.71 Å². The molecule has 1 aliphatic heterocycles. The second-order valence-electron chi connectivity index (χ2n) is 5.05. The van der Waals surface area contributed by atoms with Crippen LogP contribution in [0.5, 0.6) is 0 Å². The minimum absolute atomic E-state index is 0.000967. The molecule has 3 rings (SSSR count). The Morgan fingerprint density at radius 1 is 1.24 bits per heavy atom. The number of fused-ring (bicyclic) bond motifs is 1. The van der Waals surface area contributed by atoms with Crippen LogP contribution in [-0.4, -0.2) is 20.3 Å². The quantitative estimate of drug-likeness (QED) is 0.942. The van der Waals surface area contributed by atoms with E-state index in [0.717, 1.165) is 18.6 Å². The van der Waals surface area contributed by atoms with Crippen molar-refractivity contribution in [3.8, 4) is 0 Å². The van der Waals surface area contributed by atoms with E-state index < -0.39 is 10.0 Å². The Labute approximate surface area is 123 Å². The molecule has 0 aliphatic carbocycles. The van der Waals surface area contributed by atoms with Crippen molar-refractivity contribution >= 4 is 15.9 Å². The Morgan fingerprint density at radius 2 is 2.05 bits per heavy atom. The molecule has 0 spiro atoms. The minimum Gasteiger partial charge on any atom is -0.469 e. The fraction of sp³-hybridized carbons (Fsp3) is 0.267. The number of amidine groups is 1. The molecule has 110 valence electrons. The van der Waals surface area contributed by atoms with Crippen LogP contribution in [0.4, 0.5) is 0 Å². The first-order valence-electron chi connectivity index (χ1n) is 6.79. The van der Waals surface area contributed by atoms with Gasteiger partial charge in [0.2, 0.25) is 0 Å². The van der Waals surface area contributed by atoms with Crippen LogP contribution in [0, 0.1) is 0 Å². The van der Waals surface area contributed by atoms with Crippen molar-refractivity contribution in [2.75, 3.05) is 0 Å². The molecule has 1 N–H and O–H groups in total. The van der Waals surface area contributed by atoms with Gasteiger partial charge >= 0.3 is 0 Å². The molecule has 1 unspecified atom stereocenters. The molecule has 1 aromatic carbocycles. The Bertz CT molecular complexity index is 764. The third kappa shape index (κ3) is 2.85. The Hall–Kier alpha value is -2.08. The van der Waals surface area contributed by atoms with Gasteiger partial charge in [-0.3, -0.25) is 9.71 Å². The number of rotatable bonds is 4. The van der Waals surface area contributed by atoms with Gasteiger partial charge in [-0.15, -0.1) is 0 Å². The molecular formula is C15H16N2O3S. The van der Waals surface area contributed by atoms with Crippen LogP contribution < -0.4 is 4.72 Å². The molecule has 0 saturated carbocycles. The third-order valence-corrected chi connectivity index (χ3v) is 4.80. The highest BCUT2D eigenvalue weighted by molar-refractivity contribution is 7.90. The topological polar surface area (TPSA) is 71.7 Å². The van der Waals surface area contributed by atoms with Crippen molar-refractivity contribution in [2.24, 2.45) is 4.99 Å². The van der Waals surface area contributed by atoms with Crippen molar-refractivity contribution in [1.82, 2.24) is 4.72 Å². The predicted octanol–water partition coefficient (Wildman–Crippen LogP) is 2.34. The lowest BCUT2D eigenvalue weighted by Gasteiger charge is -2.07. The lowest BCUT2D eigenvalue weighted by Crippen LogP contribution is -2.23. The summed E-state index contributed by atoms with van der Waals surface area (Å²) < 4.78 is 31.8. The van der Waals surface area contributed by atoms with Crippen LogP contribution in [0.25, 0.3) is 0 Å². The number of sulfonamides is 1. The normalized spacial score (nSPS) is 19.2. The number of nitrogens with one attached hydrogen (secondary N) is 1. The van der Waals surface area contributed by atoms with E-state index >= 15 is 0 Å². The highest BCUT2D eigenvalue weighted by Crippen LogP contribution is 2.23. The second-order valence-corrected chi connectivity index (χ2v) is 6.70. The zero-order chi connectivity index (χ0) is 14.9. The summed E-state index contributed by atoms with van der Waals surface area (Å²) in [6, 6.07) is 10.7. The predicted molar refractivity (Wildman–Crippen MR) is 79.8 cm³/mol. The van der Waals surface area contributed by atoms with Gasteiger partial charge in [0, 0.05) is 18.0 Å². The number of benzene rings is 1. The number of hydrogen-bond donors (Lipinski definition) is 1. The monoisotopic (exact) mass is 304 g/mol. The number of aliphatic imine (C=N–C) groups is 1. The van der Waals surface area contributed by atoms with Gasteiger partial charge in [0.1, 0.15) is 11.6 Å². The van der Waals surface area contributed by atoms with Crippen molar-refractivity contribution in [3.63, 3.8) is 0 Å². The highest BCUT2D eigenvalue weighted by atomic mass is 32.2. The maximum atomic E-state index is 12.0. The molecule has 1 aliphatic rings. The average molecular weight is 304 g/mol. The van der Waals surface area contributed by atoms with E-state index in [1.54, 1.807) is 24.5 Å². The molecule has 0 radical (unpaired) electrons. The van der Waals surface area contributed by atoms with Crippen molar-refractivity contribution in [1.29, 1.82) is 0 Å². The van der Waals surface area contributed by atoms with E-state index in [4.69, 9.17) is 4.42 Å². The van der Waals surface area contributed by atoms with E-state index in [1.807, 2.05) is 25.1 Å². The summed E-state index contributed by atoms with van der Waals surface area (Å²) in [5, 5.41) is 0. The first-order chi connectivity index (χ1) is 10.1. The molecule has 6 heteroatoms. The summed E-state index contributed by atoms with van der Waals surface area (Å²) in [5.74, 6) is 1.34. The standard InChI is InChI=1S/C15H16N2O3S/c1-11(8-9-12-5-4-10-20-12)16-15-13-6-2-3-7-14(13)21(18,19)17-15/h2-7,10-11H,8-9H2,1H3,(H,16,17). The van der Waals surface area contributed by atoms with Crippen LogP contribution in [-0.2, 0) is 16.4 Å². The zero-order valence-corrected chi connectivity index (χ0v) is 12.4. The van der Waals surface area contributed by atoms with Crippen LogP contribution in [0.3, 0.4) is 0 Å². The minimum atomic E-state index is -3.46. The van der Waals surface area contributed by atoms with Crippen LogP contribution in [0.1, 0.15) is 24.7 Å². The van der Waals surface area contributed by atoms with Crippen molar-refractivity contribution in [2.45, 2.75) is 30.7 Å². The number of nitrogens with zero attached hydrogens (tertiary/aromatic N) is 1. The maximum absolute atomic E-state index is 12.0. The molecule has 2 aromatic rings. The summed E-state index contributed by atoms with van der Waals surface area (Å²) in [6.07, 6.45) is 3.22. The van der Waals surface area contributed by atoms with Gasteiger partial charge in [-0.05, 0) is 37.6 Å². The summed E-state index contributed by atoms with van der Waals surface area (Å²) in [4.78, 5) is 4.79. The fourth-order valence-electron chi connectivity index (χ4n) is 2.32. The SMILES string of the molecule is CC(CCc1ccco1)N=C1NS(=O)(=O)c2ccccc21. The van der Waals surface area contributed by atoms with Crippen molar-refractivity contribution in [3.05, 3.63) is 54.0 Å². The largest absolute Gasteiger partial charge is 0.469 e. The Morgan fingerprint density at radius 3 is 2.81 bits per heavy atom. The molecule has 5 nitrogen and oxygen atoms in total.